The second-order valence-electron chi connectivity index (χ2n) is 4.45. The summed E-state index contributed by atoms with van der Waals surface area (Å²) in [6.07, 6.45) is 3.15. The third-order valence-electron chi connectivity index (χ3n) is 3.10. The topological polar surface area (TPSA) is 84.1 Å². The zero-order valence-electron chi connectivity index (χ0n) is 12.3. The van der Waals surface area contributed by atoms with E-state index < -0.39 is 0 Å². The number of ether oxygens (including phenoxy) is 1. The molecule has 0 aliphatic heterocycles. The van der Waals surface area contributed by atoms with Crippen LogP contribution in [0.1, 0.15) is 33.2 Å². The van der Waals surface area contributed by atoms with Crippen molar-refractivity contribution in [3.63, 3.8) is 0 Å². The summed E-state index contributed by atoms with van der Waals surface area (Å²) >= 11 is 0. The molecule has 0 unspecified atom stereocenters. The van der Waals surface area contributed by atoms with Crippen LogP contribution in [0.15, 0.2) is 36.7 Å². The summed E-state index contributed by atoms with van der Waals surface area (Å²) in [5, 5.41) is 11.6. The molecule has 6 heteroatoms. The molecule has 0 aliphatic carbocycles. The first-order valence-electron chi connectivity index (χ1n) is 6.72. The third-order valence-corrected chi connectivity index (χ3v) is 3.10. The van der Waals surface area contributed by atoms with Crippen molar-refractivity contribution >= 4 is 11.9 Å². The molecule has 2 aromatic rings. The Bertz CT molecular complexity index is 739. The van der Waals surface area contributed by atoms with Crippen molar-refractivity contribution in [3.8, 4) is 11.8 Å². The van der Waals surface area contributed by atoms with E-state index in [1.165, 1.54) is 7.05 Å². The summed E-state index contributed by atoms with van der Waals surface area (Å²) in [6, 6.07) is 8.71. The van der Waals surface area contributed by atoms with Gasteiger partial charge in [0.1, 0.15) is 6.07 Å². The van der Waals surface area contributed by atoms with Gasteiger partial charge in [0.05, 0.1) is 23.3 Å². The van der Waals surface area contributed by atoms with E-state index in [9.17, 15) is 9.59 Å². The zero-order valence-corrected chi connectivity index (χ0v) is 12.3. The Hall–Kier alpha value is -3.07. The van der Waals surface area contributed by atoms with Gasteiger partial charge in [-0.05, 0) is 31.2 Å². The summed E-state index contributed by atoms with van der Waals surface area (Å²) in [4.78, 5) is 23.3. The highest BCUT2D eigenvalue weighted by atomic mass is 16.5. The van der Waals surface area contributed by atoms with E-state index in [1.807, 2.05) is 6.07 Å². The molecule has 0 fully saturated rings. The van der Waals surface area contributed by atoms with Gasteiger partial charge < -0.3 is 14.6 Å². The van der Waals surface area contributed by atoms with Gasteiger partial charge in [0.25, 0.3) is 5.91 Å². The highest BCUT2D eigenvalue weighted by Crippen LogP contribution is 2.16. The van der Waals surface area contributed by atoms with Crippen LogP contribution in [-0.2, 0) is 4.74 Å². The van der Waals surface area contributed by atoms with Crippen molar-refractivity contribution in [1.29, 1.82) is 5.26 Å². The fraction of sp³-hybridized carbons (Fsp3) is 0.188. The standard InChI is InChI=1S/C16H15N3O3/c1-3-22-16(21)11-4-6-13(7-5-11)19-9-12(8-17)14(10-19)15(20)18-2/h4-7,9-10H,3H2,1-2H3,(H,18,20). The van der Waals surface area contributed by atoms with E-state index in [4.69, 9.17) is 10.00 Å². The van der Waals surface area contributed by atoms with Gasteiger partial charge in [-0.15, -0.1) is 0 Å². The van der Waals surface area contributed by atoms with E-state index in [1.54, 1.807) is 48.1 Å². The lowest BCUT2D eigenvalue weighted by atomic mass is 10.2. The van der Waals surface area contributed by atoms with Crippen molar-refractivity contribution in [2.24, 2.45) is 0 Å². The number of esters is 1. The number of amides is 1. The zero-order chi connectivity index (χ0) is 16.1. The van der Waals surface area contributed by atoms with Gasteiger partial charge in [0.15, 0.2) is 0 Å². The Balaban J connectivity index is 2.33. The molecule has 1 N–H and O–H groups in total. The summed E-state index contributed by atoms with van der Waals surface area (Å²) in [6.45, 7) is 2.06. The Morgan fingerprint density at radius 2 is 1.95 bits per heavy atom. The summed E-state index contributed by atoms with van der Waals surface area (Å²) in [7, 11) is 1.51. The molecule has 0 saturated heterocycles. The molecule has 0 spiro atoms. The van der Waals surface area contributed by atoms with Crippen LogP contribution >= 0.6 is 0 Å². The molecular weight excluding hydrogens is 282 g/mol. The molecule has 0 saturated carbocycles. The van der Waals surface area contributed by atoms with E-state index in [-0.39, 0.29) is 17.4 Å². The Kier molecular flexibility index (Phi) is 4.59. The molecule has 1 amide bonds. The van der Waals surface area contributed by atoms with Gasteiger partial charge >= 0.3 is 5.97 Å². The van der Waals surface area contributed by atoms with Gasteiger partial charge in [0, 0.05) is 25.1 Å². The number of nitrogens with zero attached hydrogens (tertiary/aromatic N) is 2. The van der Waals surface area contributed by atoms with Gasteiger partial charge in [0.2, 0.25) is 0 Å². The van der Waals surface area contributed by atoms with E-state index in [2.05, 4.69) is 5.32 Å². The molecule has 0 atom stereocenters. The average Bonchev–Trinajstić information content (AvgIpc) is 2.98. The van der Waals surface area contributed by atoms with Gasteiger partial charge in [-0.1, -0.05) is 0 Å². The number of hydrogen-bond acceptors (Lipinski definition) is 4. The van der Waals surface area contributed by atoms with Crippen LogP contribution in [0.3, 0.4) is 0 Å². The van der Waals surface area contributed by atoms with Crippen molar-refractivity contribution in [3.05, 3.63) is 53.3 Å². The minimum absolute atomic E-state index is 0.286. The van der Waals surface area contributed by atoms with Crippen LogP contribution < -0.4 is 5.32 Å². The number of benzene rings is 1. The van der Waals surface area contributed by atoms with Crippen LogP contribution in [0.5, 0.6) is 0 Å². The molecular formula is C16H15N3O3. The van der Waals surface area contributed by atoms with Crippen LogP contribution in [0.25, 0.3) is 5.69 Å². The van der Waals surface area contributed by atoms with E-state index in [0.717, 1.165) is 5.69 Å². The van der Waals surface area contributed by atoms with Crippen molar-refractivity contribution in [2.45, 2.75) is 6.92 Å². The molecule has 0 bridgehead atoms. The maximum Gasteiger partial charge on any atom is 0.338 e. The highest BCUT2D eigenvalue weighted by Gasteiger charge is 2.14. The minimum Gasteiger partial charge on any atom is -0.462 e. The lowest BCUT2D eigenvalue weighted by Gasteiger charge is -2.05. The Labute approximate surface area is 127 Å². The molecule has 1 aromatic heterocycles. The quantitative estimate of drug-likeness (QED) is 0.873. The maximum atomic E-state index is 11.7. The summed E-state index contributed by atoms with van der Waals surface area (Å²) in [5.74, 6) is -0.705. The third kappa shape index (κ3) is 2.99. The molecule has 112 valence electrons. The van der Waals surface area contributed by atoms with Crippen LogP contribution in [-0.4, -0.2) is 30.1 Å². The minimum atomic E-state index is -0.384. The first kappa shape index (κ1) is 15.3. The molecule has 0 radical (unpaired) electrons. The largest absolute Gasteiger partial charge is 0.462 e. The van der Waals surface area contributed by atoms with E-state index in [0.29, 0.717) is 17.7 Å². The molecule has 1 heterocycles. The molecule has 6 nitrogen and oxygen atoms in total. The fourth-order valence-corrected chi connectivity index (χ4v) is 1.99. The fourth-order valence-electron chi connectivity index (χ4n) is 1.99. The SMILES string of the molecule is CCOC(=O)c1ccc(-n2cc(C#N)c(C(=O)NC)c2)cc1. The van der Waals surface area contributed by atoms with Crippen molar-refractivity contribution in [2.75, 3.05) is 13.7 Å². The second-order valence-corrected chi connectivity index (χ2v) is 4.45. The summed E-state index contributed by atoms with van der Waals surface area (Å²) in [5.41, 5.74) is 1.78. The first-order valence-corrected chi connectivity index (χ1v) is 6.72. The number of nitriles is 1. The van der Waals surface area contributed by atoms with Crippen LogP contribution in [0, 0.1) is 11.3 Å². The van der Waals surface area contributed by atoms with Crippen LogP contribution in [0.4, 0.5) is 0 Å². The smallest absolute Gasteiger partial charge is 0.338 e. The Morgan fingerprint density at radius 3 is 2.50 bits per heavy atom. The van der Waals surface area contributed by atoms with Crippen LogP contribution in [0.2, 0.25) is 0 Å². The van der Waals surface area contributed by atoms with Crippen molar-refractivity contribution < 1.29 is 14.3 Å². The average molecular weight is 297 g/mol. The van der Waals surface area contributed by atoms with Gasteiger partial charge in [-0.2, -0.15) is 5.26 Å². The normalized spacial score (nSPS) is 9.86. The maximum absolute atomic E-state index is 11.7. The number of nitrogens with one attached hydrogen (secondary N) is 1. The predicted octanol–water partition coefficient (Wildman–Crippen LogP) is 1.89. The lowest BCUT2D eigenvalue weighted by molar-refractivity contribution is 0.0526. The number of carbonyl (C=O) groups excluding carboxylic acids is 2. The number of carbonyl (C=O) groups is 2. The lowest BCUT2D eigenvalue weighted by Crippen LogP contribution is -2.18. The Morgan fingerprint density at radius 1 is 1.27 bits per heavy atom. The number of hydrogen-bond donors (Lipinski definition) is 1. The first-order chi connectivity index (χ1) is 10.6. The number of aromatic nitrogens is 1. The predicted molar refractivity (Wildman–Crippen MR) is 79.8 cm³/mol. The van der Waals surface area contributed by atoms with Gasteiger partial charge in [-0.25, -0.2) is 4.79 Å². The van der Waals surface area contributed by atoms with Crippen molar-refractivity contribution in [1.82, 2.24) is 9.88 Å². The van der Waals surface area contributed by atoms with E-state index >= 15 is 0 Å². The molecule has 22 heavy (non-hydrogen) atoms. The van der Waals surface area contributed by atoms with Gasteiger partial charge in [-0.3, -0.25) is 4.79 Å². The highest BCUT2D eigenvalue weighted by molar-refractivity contribution is 5.96. The number of rotatable bonds is 4. The molecule has 1 aromatic carbocycles. The second kappa shape index (κ2) is 6.59. The molecule has 0 aliphatic rings. The summed E-state index contributed by atoms with van der Waals surface area (Å²) < 4.78 is 6.58. The molecule has 2 rings (SSSR count). The monoisotopic (exact) mass is 297 g/mol.